The smallest absolute Gasteiger partial charge is 0.133 e. The van der Waals surface area contributed by atoms with Crippen LogP contribution >= 0.6 is 11.6 Å². The lowest BCUT2D eigenvalue weighted by Gasteiger charge is -2.48. The molecule has 1 saturated heterocycles. The molecule has 3 nitrogen and oxygen atoms in total. The van der Waals surface area contributed by atoms with Gasteiger partial charge in [-0.3, -0.25) is 0 Å². The number of anilines is 1. The highest BCUT2D eigenvalue weighted by Crippen LogP contribution is 2.33. The normalized spacial score (nSPS) is 21.1. The number of morpholine rings is 1. The van der Waals surface area contributed by atoms with Crippen LogP contribution in [-0.2, 0) is 10.6 Å². The first kappa shape index (κ1) is 15.6. The van der Waals surface area contributed by atoms with E-state index in [9.17, 15) is 0 Å². The van der Waals surface area contributed by atoms with E-state index < -0.39 is 0 Å². The lowest BCUT2D eigenvalue weighted by Crippen LogP contribution is -2.57. The van der Waals surface area contributed by atoms with Crippen LogP contribution in [0.4, 0.5) is 5.82 Å². The Balaban J connectivity index is 2.45. The van der Waals surface area contributed by atoms with Gasteiger partial charge in [-0.25, -0.2) is 4.98 Å². The highest BCUT2D eigenvalue weighted by molar-refractivity contribution is 6.17. The molecule has 1 aromatic rings. The molecule has 1 aliphatic rings. The first-order valence-corrected chi connectivity index (χ1v) is 7.65. The van der Waals surface area contributed by atoms with Gasteiger partial charge in [0.05, 0.1) is 17.1 Å². The fraction of sp³-hybridized carbons (Fsp3) is 0.688. The third-order valence-electron chi connectivity index (χ3n) is 3.58. The zero-order valence-corrected chi connectivity index (χ0v) is 14.1. The minimum atomic E-state index is -0.190. The quantitative estimate of drug-likeness (QED) is 0.776. The number of alkyl halides is 1. The Labute approximate surface area is 127 Å². The first-order valence-electron chi connectivity index (χ1n) is 7.12. The molecule has 4 heteroatoms. The van der Waals surface area contributed by atoms with Crippen molar-refractivity contribution in [1.29, 1.82) is 0 Å². The van der Waals surface area contributed by atoms with E-state index >= 15 is 0 Å². The van der Waals surface area contributed by atoms with E-state index in [1.807, 2.05) is 6.92 Å². The maximum absolute atomic E-state index is 6.15. The molecule has 2 heterocycles. The minimum Gasteiger partial charge on any atom is -0.366 e. The number of halogens is 1. The van der Waals surface area contributed by atoms with Crippen molar-refractivity contribution in [3.63, 3.8) is 0 Å². The minimum absolute atomic E-state index is 0.190. The summed E-state index contributed by atoms with van der Waals surface area (Å²) in [6, 6.07) is 2.10. The van der Waals surface area contributed by atoms with Crippen LogP contribution in [0.1, 0.15) is 44.5 Å². The molecule has 0 amide bonds. The number of hydrogen-bond donors (Lipinski definition) is 0. The molecular formula is C16H25ClN2O. The van der Waals surface area contributed by atoms with E-state index in [-0.39, 0.29) is 11.2 Å². The van der Waals surface area contributed by atoms with Gasteiger partial charge in [0.2, 0.25) is 0 Å². The van der Waals surface area contributed by atoms with Crippen molar-refractivity contribution in [1.82, 2.24) is 4.98 Å². The number of ether oxygens (including phenoxy) is 1. The first-order chi connectivity index (χ1) is 9.13. The van der Waals surface area contributed by atoms with Crippen molar-refractivity contribution >= 4 is 17.4 Å². The molecule has 0 spiro atoms. The van der Waals surface area contributed by atoms with E-state index in [1.165, 1.54) is 5.56 Å². The number of aryl methyl sites for hydroxylation is 2. The molecule has 0 N–H and O–H groups in total. The van der Waals surface area contributed by atoms with Crippen LogP contribution in [0.2, 0.25) is 0 Å². The van der Waals surface area contributed by atoms with Gasteiger partial charge in [-0.1, -0.05) is 0 Å². The van der Waals surface area contributed by atoms with Gasteiger partial charge in [0.25, 0.3) is 0 Å². The number of nitrogens with zero attached hydrogens (tertiary/aromatic N) is 2. The maximum Gasteiger partial charge on any atom is 0.133 e. The van der Waals surface area contributed by atoms with Crippen molar-refractivity contribution in [2.45, 2.75) is 58.6 Å². The van der Waals surface area contributed by atoms with Crippen molar-refractivity contribution < 1.29 is 4.74 Å². The maximum atomic E-state index is 6.15. The average Bonchev–Trinajstić information content (AvgIpc) is 2.23. The zero-order valence-electron chi connectivity index (χ0n) is 13.4. The average molecular weight is 297 g/mol. The van der Waals surface area contributed by atoms with Crippen molar-refractivity contribution in [3.05, 3.63) is 22.9 Å². The summed E-state index contributed by atoms with van der Waals surface area (Å²) >= 11 is 6.15. The summed E-state index contributed by atoms with van der Waals surface area (Å²) in [5.41, 5.74) is 3.00. The van der Waals surface area contributed by atoms with E-state index in [2.05, 4.69) is 45.6 Å². The molecule has 0 unspecified atom stereocenters. The molecular weight excluding hydrogens is 272 g/mol. The van der Waals surface area contributed by atoms with Gasteiger partial charge in [-0.15, -0.1) is 11.6 Å². The second-order valence-electron chi connectivity index (χ2n) is 6.99. The van der Waals surface area contributed by atoms with Crippen molar-refractivity contribution in [3.8, 4) is 0 Å². The Bertz CT molecular complexity index is 495. The number of pyridine rings is 1. The second-order valence-corrected chi connectivity index (χ2v) is 7.26. The predicted octanol–water partition coefficient (Wildman–Crippen LogP) is 3.83. The molecule has 1 aliphatic heterocycles. The zero-order chi connectivity index (χ0) is 15.1. The Morgan fingerprint density at radius 3 is 2.25 bits per heavy atom. The Hall–Kier alpha value is -0.800. The van der Waals surface area contributed by atoms with Crippen LogP contribution in [0.15, 0.2) is 6.07 Å². The van der Waals surface area contributed by atoms with Gasteiger partial charge in [0, 0.05) is 24.3 Å². The van der Waals surface area contributed by atoms with Crippen LogP contribution < -0.4 is 4.90 Å². The number of rotatable bonds is 2. The highest BCUT2D eigenvalue weighted by atomic mass is 35.5. The van der Waals surface area contributed by atoms with Crippen LogP contribution in [0, 0.1) is 13.8 Å². The van der Waals surface area contributed by atoms with Gasteiger partial charge < -0.3 is 9.64 Å². The topological polar surface area (TPSA) is 25.4 Å². The van der Waals surface area contributed by atoms with E-state index in [1.54, 1.807) is 0 Å². The number of hydrogen-bond acceptors (Lipinski definition) is 3. The molecule has 20 heavy (non-hydrogen) atoms. The van der Waals surface area contributed by atoms with E-state index in [4.69, 9.17) is 21.3 Å². The van der Waals surface area contributed by atoms with Gasteiger partial charge in [-0.2, -0.15) is 0 Å². The second kappa shape index (κ2) is 5.19. The van der Waals surface area contributed by atoms with E-state index in [0.29, 0.717) is 5.88 Å². The molecule has 112 valence electrons. The highest BCUT2D eigenvalue weighted by Gasteiger charge is 2.39. The largest absolute Gasteiger partial charge is 0.366 e. The summed E-state index contributed by atoms with van der Waals surface area (Å²) in [6.07, 6.45) is 0. The molecule has 1 fully saturated rings. The summed E-state index contributed by atoms with van der Waals surface area (Å²) in [4.78, 5) is 7.07. The Kier molecular flexibility index (Phi) is 4.05. The standard InChI is InChI=1S/C16H25ClN2O/c1-11-7-12(2)18-14(13(11)8-17)19-9-15(3,4)20-16(5,6)10-19/h7H,8-10H2,1-6H3. The molecule has 0 bridgehead atoms. The van der Waals surface area contributed by atoms with Crippen LogP contribution in [0.25, 0.3) is 0 Å². The molecule has 0 radical (unpaired) electrons. The molecule has 0 saturated carbocycles. The van der Waals surface area contributed by atoms with Gasteiger partial charge >= 0.3 is 0 Å². The van der Waals surface area contributed by atoms with Crippen molar-refractivity contribution in [2.75, 3.05) is 18.0 Å². The third-order valence-corrected chi connectivity index (χ3v) is 3.85. The monoisotopic (exact) mass is 296 g/mol. The summed E-state index contributed by atoms with van der Waals surface area (Å²) in [5, 5.41) is 0. The molecule has 2 rings (SSSR count). The summed E-state index contributed by atoms with van der Waals surface area (Å²) in [6.45, 7) is 14.3. The fourth-order valence-electron chi connectivity index (χ4n) is 3.21. The van der Waals surface area contributed by atoms with Gasteiger partial charge in [0.15, 0.2) is 0 Å². The summed E-state index contributed by atoms with van der Waals surface area (Å²) < 4.78 is 6.14. The van der Waals surface area contributed by atoms with Crippen LogP contribution in [-0.4, -0.2) is 29.3 Å². The predicted molar refractivity (Wildman–Crippen MR) is 84.7 cm³/mol. The van der Waals surface area contributed by atoms with Crippen LogP contribution in [0.5, 0.6) is 0 Å². The van der Waals surface area contributed by atoms with Gasteiger partial charge in [-0.05, 0) is 53.2 Å². The van der Waals surface area contributed by atoms with Gasteiger partial charge in [0.1, 0.15) is 5.82 Å². The number of aromatic nitrogens is 1. The Morgan fingerprint density at radius 1 is 1.20 bits per heavy atom. The fourth-order valence-corrected chi connectivity index (χ4v) is 3.54. The lowest BCUT2D eigenvalue weighted by molar-refractivity contribution is -0.133. The van der Waals surface area contributed by atoms with Crippen LogP contribution in [0.3, 0.4) is 0 Å². The summed E-state index contributed by atoms with van der Waals surface area (Å²) in [5.74, 6) is 1.51. The molecule has 0 aromatic carbocycles. The van der Waals surface area contributed by atoms with E-state index in [0.717, 1.165) is 30.2 Å². The molecule has 0 atom stereocenters. The third kappa shape index (κ3) is 3.26. The van der Waals surface area contributed by atoms with Crippen molar-refractivity contribution in [2.24, 2.45) is 0 Å². The summed E-state index contributed by atoms with van der Waals surface area (Å²) in [7, 11) is 0. The SMILES string of the molecule is Cc1cc(C)c(CCl)c(N2CC(C)(C)OC(C)(C)C2)n1. The lowest BCUT2D eigenvalue weighted by atomic mass is 9.98. The Morgan fingerprint density at radius 2 is 1.75 bits per heavy atom. The molecule has 0 aliphatic carbocycles. The molecule has 1 aromatic heterocycles.